The summed E-state index contributed by atoms with van der Waals surface area (Å²) < 4.78 is 4.60. The third-order valence-corrected chi connectivity index (χ3v) is 4.10. The molecule has 104 valence electrons. The second-order valence-corrected chi connectivity index (χ2v) is 5.86. The van der Waals surface area contributed by atoms with Gasteiger partial charge in [-0.05, 0) is 25.2 Å². The molecule has 0 bridgehead atoms. The second-order valence-electron chi connectivity index (χ2n) is 4.87. The number of esters is 1. The number of ether oxygens (including phenoxy) is 1. The Bertz CT molecular complexity index is 442. The molecule has 0 radical (unpaired) electrons. The highest BCUT2D eigenvalue weighted by atomic mass is 32.2. The monoisotopic (exact) mass is 281 g/mol. The van der Waals surface area contributed by atoms with E-state index in [0.717, 1.165) is 16.8 Å². The first-order valence-electron chi connectivity index (χ1n) is 6.45. The fourth-order valence-electron chi connectivity index (χ4n) is 2.23. The molecule has 1 saturated carbocycles. The van der Waals surface area contributed by atoms with Crippen molar-refractivity contribution in [2.45, 2.75) is 37.3 Å². The van der Waals surface area contributed by atoms with Gasteiger partial charge in [0.25, 0.3) is 0 Å². The van der Waals surface area contributed by atoms with Gasteiger partial charge in [-0.15, -0.1) is 0 Å². The molecule has 1 N–H and O–H groups in total. The molecule has 0 amide bonds. The average Bonchev–Trinajstić information content (AvgIpc) is 2.82. The van der Waals surface area contributed by atoms with Crippen molar-refractivity contribution in [2.24, 2.45) is 5.92 Å². The summed E-state index contributed by atoms with van der Waals surface area (Å²) in [5.74, 6) is 1.57. The largest absolute Gasteiger partial charge is 0.468 e. The van der Waals surface area contributed by atoms with Gasteiger partial charge in [-0.1, -0.05) is 18.7 Å². The van der Waals surface area contributed by atoms with Crippen LogP contribution in [0.15, 0.2) is 17.4 Å². The van der Waals surface area contributed by atoms with Crippen LogP contribution in [-0.2, 0) is 9.53 Å². The molecular weight excluding hydrogens is 262 g/mol. The fraction of sp³-hybridized carbons (Fsp3) is 0.615. The highest BCUT2D eigenvalue weighted by Gasteiger charge is 2.21. The summed E-state index contributed by atoms with van der Waals surface area (Å²) in [6.07, 6.45) is 7.02. The minimum absolute atomic E-state index is 0.255. The van der Waals surface area contributed by atoms with Crippen LogP contribution in [0.25, 0.3) is 0 Å². The number of aromatic nitrogens is 2. The van der Waals surface area contributed by atoms with E-state index in [1.165, 1.54) is 38.1 Å². The molecule has 0 spiro atoms. The molecule has 2 rings (SSSR count). The van der Waals surface area contributed by atoms with E-state index in [4.69, 9.17) is 0 Å². The summed E-state index contributed by atoms with van der Waals surface area (Å²) in [6, 6.07) is 0.491. The quantitative estimate of drug-likeness (QED) is 0.660. The van der Waals surface area contributed by atoms with Crippen molar-refractivity contribution >= 4 is 23.5 Å². The number of rotatable bonds is 5. The number of methoxy groups -OCH3 is 1. The van der Waals surface area contributed by atoms with Gasteiger partial charge in [-0.3, -0.25) is 9.78 Å². The van der Waals surface area contributed by atoms with Crippen molar-refractivity contribution in [1.82, 2.24) is 9.97 Å². The molecule has 0 saturated heterocycles. The lowest BCUT2D eigenvalue weighted by Gasteiger charge is -2.13. The fourth-order valence-corrected chi connectivity index (χ4v) is 2.91. The third kappa shape index (κ3) is 4.38. The van der Waals surface area contributed by atoms with Crippen LogP contribution in [0.3, 0.4) is 0 Å². The average molecular weight is 281 g/mol. The van der Waals surface area contributed by atoms with Crippen LogP contribution >= 0.6 is 11.8 Å². The minimum atomic E-state index is -0.255. The van der Waals surface area contributed by atoms with Gasteiger partial charge in [0, 0.05) is 6.04 Å². The number of nitrogens with zero attached hydrogens (tertiary/aromatic N) is 2. The Balaban J connectivity index is 1.89. The molecule has 19 heavy (non-hydrogen) atoms. The normalized spacial score (nSPS) is 22.2. The smallest absolute Gasteiger partial charge is 0.316 e. The lowest BCUT2D eigenvalue weighted by atomic mass is 10.1. The summed E-state index contributed by atoms with van der Waals surface area (Å²) >= 11 is 1.34. The number of thioether (sulfide) groups is 1. The standard InChI is InChI=1S/C13H19N3O2S/c1-9-3-4-10(5-9)15-11-6-14-7-12(16-11)19-8-13(17)18-2/h6-7,9-10H,3-5,8H2,1-2H3,(H,15,16). The van der Waals surface area contributed by atoms with Gasteiger partial charge >= 0.3 is 5.97 Å². The highest BCUT2D eigenvalue weighted by Crippen LogP contribution is 2.27. The second kappa shape index (κ2) is 6.75. The zero-order valence-electron chi connectivity index (χ0n) is 11.3. The molecule has 1 aliphatic carbocycles. The molecule has 0 aromatic carbocycles. The summed E-state index contributed by atoms with van der Waals surface area (Å²) in [4.78, 5) is 19.7. The van der Waals surface area contributed by atoms with Crippen LogP contribution in [0.1, 0.15) is 26.2 Å². The molecular formula is C13H19N3O2S. The van der Waals surface area contributed by atoms with Crippen LogP contribution in [0.5, 0.6) is 0 Å². The number of carbonyl (C=O) groups is 1. The van der Waals surface area contributed by atoms with Crippen molar-refractivity contribution in [3.05, 3.63) is 12.4 Å². The van der Waals surface area contributed by atoms with E-state index < -0.39 is 0 Å². The Morgan fingerprint density at radius 1 is 1.53 bits per heavy atom. The van der Waals surface area contributed by atoms with Gasteiger partial charge in [-0.25, -0.2) is 4.98 Å². The predicted octanol–water partition coefficient (Wildman–Crippen LogP) is 2.34. The molecule has 1 aromatic heterocycles. The number of carbonyl (C=O) groups excluding carboxylic acids is 1. The first-order chi connectivity index (χ1) is 9.17. The number of hydrogen-bond donors (Lipinski definition) is 1. The Morgan fingerprint density at radius 3 is 3.05 bits per heavy atom. The predicted molar refractivity (Wildman–Crippen MR) is 75.2 cm³/mol. The number of anilines is 1. The van der Waals surface area contributed by atoms with E-state index in [9.17, 15) is 4.79 Å². The highest BCUT2D eigenvalue weighted by molar-refractivity contribution is 7.99. The molecule has 0 aliphatic heterocycles. The van der Waals surface area contributed by atoms with E-state index in [0.29, 0.717) is 6.04 Å². The maximum atomic E-state index is 11.1. The number of nitrogens with one attached hydrogen (secondary N) is 1. The van der Waals surface area contributed by atoms with E-state index in [1.807, 2.05) is 0 Å². The topological polar surface area (TPSA) is 64.1 Å². The summed E-state index contributed by atoms with van der Waals surface area (Å²) in [5, 5.41) is 4.15. The minimum Gasteiger partial charge on any atom is -0.468 e. The first-order valence-corrected chi connectivity index (χ1v) is 7.44. The molecule has 6 heteroatoms. The van der Waals surface area contributed by atoms with E-state index >= 15 is 0 Å². The van der Waals surface area contributed by atoms with Gasteiger partial charge in [0.15, 0.2) is 0 Å². The van der Waals surface area contributed by atoms with Crippen molar-refractivity contribution in [1.29, 1.82) is 0 Å². The molecule has 1 fully saturated rings. The van der Waals surface area contributed by atoms with Crippen molar-refractivity contribution < 1.29 is 9.53 Å². The third-order valence-electron chi connectivity index (χ3n) is 3.22. The van der Waals surface area contributed by atoms with Gasteiger partial charge in [-0.2, -0.15) is 0 Å². The Labute approximate surface area is 117 Å². The molecule has 2 atom stereocenters. The molecule has 1 aromatic rings. The van der Waals surface area contributed by atoms with Crippen molar-refractivity contribution in [3.63, 3.8) is 0 Å². The lowest BCUT2D eigenvalue weighted by molar-refractivity contribution is -0.137. The van der Waals surface area contributed by atoms with Gasteiger partial charge in [0.2, 0.25) is 0 Å². The van der Waals surface area contributed by atoms with E-state index in [2.05, 4.69) is 26.9 Å². The maximum Gasteiger partial charge on any atom is 0.316 e. The van der Waals surface area contributed by atoms with Crippen LogP contribution in [0, 0.1) is 5.92 Å². The van der Waals surface area contributed by atoms with Crippen LogP contribution in [0.4, 0.5) is 5.82 Å². The van der Waals surface area contributed by atoms with E-state index in [-0.39, 0.29) is 11.7 Å². The summed E-state index contributed by atoms with van der Waals surface area (Å²) in [7, 11) is 1.38. The van der Waals surface area contributed by atoms with Crippen LogP contribution < -0.4 is 5.32 Å². The zero-order valence-corrected chi connectivity index (χ0v) is 12.1. The zero-order chi connectivity index (χ0) is 13.7. The SMILES string of the molecule is COC(=O)CSc1cncc(NC2CCC(C)C2)n1. The van der Waals surface area contributed by atoms with Gasteiger partial charge in [0.05, 0.1) is 25.3 Å². The van der Waals surface area contributed by atoms with Crippen LogP contribution in [0.2, 0.25) is 0 Å². The Kier molecular flexibility index (Phi) is 5.01. The molecule has 2 unspecified atom stereocenters. The lowest BCUT2D eigenvalue weighted by Crippen LogP contribution is -2.16. The molecule has 5 nitrogen and oxygen atoms in total. The summed E-state index contributed by atoms with van der Waals surface area (Å²) in [6.45, 7) is 2.27. The van der Waals surface area contributed by atoms with E-state index in [1.54, 1.807) is 12.4 Å². The summed E-state index contributed by atoms with van der Waals surface area (Å²) in [5.41, 5.74) is 0. The van der Waals surface area contributed by atoms with Crippen molar-refractivity contribution in [3.8, 4) is 0 Å². The Morgan fingerprint density at radius 2 is 2.37 bits per heavy atom. The Hall–Kier alpha value is -1.30. The first kappa shape index (κ1) is 14.1. The van der Waals surface area contributed by atoms with Crippen molar-refractivity contribution in [2.75, 3.05) is 18.2 Å². The van der Waals surface area contributed by atoms with Crippen LogP contribution in [-0.4, -0.2) is 34.8 Å². The molecule has 1 aliphatic rings. The van der Waals surface area contributed by atoms with Gasteiger partial charge < -0.3 is 10.1 Å². The number of hydrogen-bond acceptors (Lipinski definition) is 6. The maximum absolute atomic E-state index is 11.1. The van der Waals surface area contributed by atoms with Gasteiger partial charge in [0.1, 0.15) is 10.8 Å². The molecule has 1 heterocycles.